The first-order valence-electron chi connectivity index (χ1n) is 12.9. The molecule has 37 heavy (non-hydrogen) atoms. The lowest BCUT2D eigenvalue weighted by Crippen LogP contribution is -2.44. The van der Waals surface area contributed by atoms with Gasteiger partial charge in [-0.25, -0.2) is 9.78 Å². The van der Waals surface area contributed by atoms with Crippen LogP contribution in [0.4, 0.5) is 5.82 Å². The van der Waals surface area contributed by atoms with E-state index in [1.165, 1.54) is 6.20 Å². The highest BCUT2D eigenvalue weighted by molar-refractivity contribution is 6.39. The number of benzene rings is 1. The zero-order chi connectivity index (χ0) is 26.2. The number of hydrogen-bond donors (Lipinski definition) is 1. The number of aromatic carboxylic acids is 1. The fraction of sp³-hybridized carbons (Fsp3) is 0.464. The van der Waals surface area contributed by atoms with Crippen molar-refractivity contribution in [2.24, 2.45) is 5.41 Å². The first-order chi connectivity index (χ1) is 17.9. The van der Waals surface area contributed by atoms with Gasteiger partial charge in [0.25, 0.3) is 0 Å². The molecular weight excluding hydrogens is 513 g/mol. The largest absolute Gasteiger partial charge is 0.478 e. The van der Waals surface area contributed by atoms with E-state index in [0.717, 1.165) is 62.3 Å². The number of hydrogen-bond acceptors (Lipinski definition) is 6. The highest BCUT2D eigenvalue weighted by atomic mass is 35.5. The van der Waals surface area contributed by atoms with Crippen LogP contribution in [0, 0.1) is 5.41 Å². The lowest BCUT2D eigenvalue weighted by Gasteiger charge is -2.44. The summed E-state index contributed by atoms with van der Waals surface area (Å²) in [7, 11) is 0. The van der Waals surface area contributed by atoms with Crippen molar-refractivity contribution < 1.29 is 19.2 Å². The van der Waals surface area contributed by atoms with E-state index < -0.39 is 5.97 Å². The molecule has 2 aromatic heterocycles. The number of rotatable bonds is 7. The Morgan fingerprint density at radius 2 is 1.92 bits per heavy atom. The lowest BCUT2D eigenvalue weighted by molar-refractivity contribution is -0.0796. The predicted molar refractivity (Wildman–Crippen MR) is 144 cm³/mol. The lowest BCUT2D eigenvalue weighted by atomic mass is 9.66. The molecule has 7 nitrogen and oxygen atoms in total. The molecule has 0 bridgehead atoms. The molecule has 1 N–H and O–H groups in total. The summed E-state index contributed by atoms with van der Waals surface area (Å²) in [5.41, 5.74) is 2.76. The van der Waals surface area contributed by atoms with Crippen LogP contribution in [0.3, 0.4) is 0 Å². The fourth-order valence-electron chi connectivity index (χ4n) is 5.44. The molecular formula is C28H31Cl2N3O4. The maximum absolute atomic E-state index is 11.1. The van der Waals surface area contributed by atoms with Gasteiger partial charge >= 0.3 is 5.97 Å². The van der Waals surface area contributed by atoms with E-state index in [0.29, 0.717) is 33.8 Å². The Balaban J connectivity index is 0.00000137. The minimum Gasteiger partial charge on any atom is -0.478 e. The maximum Gasteiger partial charge on any atom is 0.337 e. The standard InChI is InChI=1S/C26H25Cl2N3O4.C2H6/c27-19-2-1-3-20(28)22(19)23-18(24(35-30-23)15-4-5-15)13-34-17-10-26(11-17)8-9-31(14-26)21-7-6-16(12-29-21)25(32)33;1-2/h1-3,6-7,12,15,17H,4-5,8-11,13-14H2,(H,32,33);1-2H3. The summed E-state index contributed by atoms with van der Waals surface area (Å²) in [6, 6.07) is 8.85. The third-order valence-electron chi connectivity index (χ3n) is 7.51. The molecule has 1 spiro atoms. The molecule has 3 aromatic rings. The van der Waals surface area contributed by atoms with Gasteiger partial charge in [0.1, 0.15) is 17.3 Å². The highest BCUT2D eigenvalue weighted by Gasteiger charge is 2.49. The van der Waals surface area contributed by atoms with Crippen molar-refractivity contribution in [1.29, 1.82) is 0 Å². The number of halogens is 2. The normalized spacial score (nSPS) is 22.5. The number of anilines is 1. The van der Waals surface area contributed by atoms with Crippen LogP contribution >= 0.6 is 23.2 Å². The van der Waals surface area contributed by atoms with Crippen LogP contribution in [-0.4, -0.2) is 40.4 Å². The number of ether oxygens (including phenoxy) is 1. The summed E-state index contributed by atoms with van der Waals surface area (Å²) >= 11 is 12.9. The van der Waals surface area contributed by atoms with Crippen LogP contribution in [0.5, 0.6) is 0 Å². The van der Waals surface area contributed by atoms with E-state index in [9.17, 15) is 4.79 Å². The Kier molecular flexibility index (Phi) is 7.48. The van der Waals surface area contributed by atoms with Crippen molar-refractivity contribution in [3.63, 3.8) is 0 Å². The second-order valence-corrected chi connectivity index (χ2v) is 10.8. The number of pyridine rings is 1. The van der Waals surface area contributed by atoms with Crippen LogP contribution in [0.15, 0.2) is 41.1 Å². The third-order valence-corrected chi connectivity index (χ3v) is 8.14. The summed E-state index contributed by atoms with van der Waals surface area (Å²) in [6.45, 7) is 6.25. The first-order valence-corrected chi connectivity index (χ1v) is 13.7. The van der Waals surface area contributed by atoms with E-state index in [-0.39, 0.29) is 17.1 Å². The second kappa shape index (κ2) is 10.6. The molecule has 0 amide bonds. The van der Waals surface area contributed by atoms with E-state index in [4.69, 9.17) is 37.6 Å². The molecule has 2 aliphatic carbocycles. The average Bonchev–Trinajstić information content (AvgIpc) is 3.49. The monoisotopic (exact) mass is 543 g/mol. The molecule has 9 heteroatoms. The summed E-state index contributed by atoms with van der Waals surface area (Å²) in [5, 5.41) is 14.5. The Bertz CT molecular complexity index is 1250. The van der Waals surface area contributed by atoms with Gasteiger partial charge in [-0.15, -0.1) is 0 Å². The van der Waals surface area contributed by atoms with E-state index in [2.05, 4.69) is 15.0 Å². The van der Waals surface area contributed by atoms with Crippen molar-refractivity contribution in [1.82, 2.24) is 10.1 Å². The molecule has 0 radical (unpaired) electrons. The Morgan fingerprint density at radius 1 is 1.19 bits per heavy atom. The smallest absolute Gasteiger partial charge is 0.337 e. The van der Waals surface area contributed by atoms with Gasteiger partial charge in [-0.05, 0) is 61.8 Å². The molecule has 1 saturated heterocycles. The number of carbonyl (C=O) groups is 1. The minimum atomic E-state index is -0.960. The van der Waals surface area contributed by atoms with Gasteiger partial charge in [-0.2, -0.15) is 0 Å². The Labute approximate surface area is 226 Å². The van der Waals surface area contributed by atoms with Crippen molar-refractivity contribution in [2.45, 2.75) is 64.6 Å². The van der Waals surface area contributed by atoms with Gasteiger partial charge in [0.05, 0.1) is 28.3 Å². The molecule has 196 valence electrons. The molecule has 0 unspecified atom stereocenters. The van der Waals surface area contributed by atoms with Crippen LogP contribution in [0.25, 0.3) is 11.3 Å². The van der Waals surface area contributed by atoms with Gasteiger partial charge in [0, 0.05) is 36.3 Å². The zero-order valence-corrected chi connectivity index (χ0v) is 22.6. The quantitative estimate of drug-likeness (QED) is 0.336. The van der Waals surface area contributed by atoms with Crippen LogP contribution in [0.1, 0.15) is 73.6 Å². The molecule has 2 saturated carbocycles. The summed E-state index contributed by atoms with van der Waals surface area (Å²) < 4.78 is 12.1. The minimum absolute atomic E-state index is 0.175. The third kappa shape index (κ3) is 5.22. The Hall–Kier alpha value is -2.61. The summed E-state index contributed by atoms with van der Waals surface area (Å²) in [5.74, 6) is 1.16. The number of carboxylic acids is 1. The molecule has 3 heterocycles. The van der Waals surface area contributed by atoms with Gasteiger partial charge in [0.2, 0.25) is 0 Å². The van der Waals surface area contributed by atoms with E-state index >= 15 is 0 Å². The number of nitrogens with zero attached hydrogens (tertiary/aromatic N) is 3. The molecule has 1 aliphatic heterocycles. The van der Waals surface area contributed by atoms with Crippen molar-refractivity contribution in [3.8, 4) is 11.3 Å². The molecule has 1 aromatic carbocycles. The predicted octanol–water partition coefficient (Wildman–Crippen LogP) is 7.22. The first kappa shape index (κ1) is 26.0. The van der Waals surface area contributed by atoms with Crippen LogP contribution in [-0.2, 0) is 11.3 Å². The van der Waals surface area contributed by atoms with Gasteiger partial charge in [-0.3, -0.25) is 0 Å². The number of carboxylic acid groups (broad SMARTS) is 1. The van der Waals surface area contributed by atoms with Crippen LogP contribution in [0.2, 0.25) is 10.0 Å². The maximum atomic E-state index is 11.1. The topological polar surface area (TPSA) is 88.7 Å². The molecule has 3 fully saturated rings. The highest BCUT2D eigenvalue weighted by Crippen LogP contribution is 2.51. The molecule has 6 rings (SSSR count). The van der Waals surface area contributed by atoms with Gasteiger partial charge in [0.15, 0.2) is 0 Å². The van der Waals surface area contributed by atoms with Crippen molar-refractivity contribution >= 4 is 35.0 Å². The average molecular weight is 544 g/mol. The molecule has 0 atom stereocenters. The second-order valence-electron chi connectivity index (χ2n) is 9.97. The zero-order valence-electron chi connectivity index (χ0n) is 21.0. The SMILES string of the molecule is CC.O=C(O)c1ccc(N2CCC3(CC(OCc4c(-c5c(Cl)cccc5Cl)noc4C4CC4)C3)C2)nc1. The van der Waals surface area contributed by atoms with Gasteiger partial charge in [-0.1, -0.05) is 48.3 Å². The van der Waals surface area contributed by atoms with E-state index in [1.54, 1.807) is 12.1 Å². The molecule has 3 aliphatic rings. The summed E-state index contributed by atoms with van der Waals surface area (Å²) in [4.78, 5) is 17.7. The summed E-state index contributed by atoms with van der Waals surface area (Å²) in [6.07, 6.45) is 6.86. The van der Waals surface area contributed by atoms with Crippen molar-refractivity contribution in [2.75, 3.05) is 18.0 Å². The van der Waals surface area contributed by atoms with Crippen LogP contribution < -0.4 is 4.90 Å². The van der Waals surface area contributed by atoms with Crippen molar-refractivity contribution in [3.05, 3.63) is 63.5 Å². The Morgan fingerprint density at radius 3 is 2.54 bits per heavy atom. The number of aromatic nitrogens is 2. The fourth-order valence-corrected chi connectivity index (χ4v) is 6.01. The van der Waals surface area contributed by atoms with Gasteiger partial charge < -0.3 is 19.3 Å². The van der Waals surface area contributed by atoms with E-state index in [1.807, 2.05) is 32.0 Å².